The molecule has 0 atom stereocenters. The van der Waals surface area contributed by atoms with Crippen molar-refractivity contribution in [1.29, 1.82) is 0 Å². The second-order valence-corrected chi connectivity index (χ2v) is 12.1. The van der Waals surface area contributed by atoms with Crippen molar-refractivity contribution in [3.8, 4) is 34.4 Å². The van der Waals surface area contributed by atoms with E-state index in [4.69, 9.17) is 15.0 Å². The molecule has 0 saturated carbocycles. The number of benzene rings is 7. The predicted octanol–water partition coefficient (Wildman–Crippen LogP) is 10.6. The molecule has 5 nitrogen and oxygen atoms in total. The third kappa shape index (κ3) is 4.01. The van der Waals surface area contributed by atoms with E-state index in [1.54, 1.807) is 0 Å². The van der Waals surface area contributed by atoms with E-state index in [1.807, 2.05) is 18.2 Å². The van der Waals surface area contributed by atoms with Crippen LogP contribution in [0.1, 0.15) is 0 Å². The van der Waals surface area contributed by atoms with Crippen molar-refractivity contribution in [3.05, 3.63) is 164 Å². The lowest BCUT2D eigenvalue weighted by molar-refractivity contribution is 0.954. The molecule has 0 aliphatic carbocycles. The van der Waals surface area contributed by atoms with Crippen molar-refractivity contribution in [1.82, 2.24) is 24.1 Å². The van der Waals surface area contributed by atoms with Gasteiger partial charge in [0.1, 0.15) is 0 Å². The number of fused-ring (bicyclic) bond motifs is 7. The smallest absolute Gasteiger partial charge is 0.238 e. The summed E-state index contributed by atoms with van der Waals surface area (Å²) in [4.78, 5) is 15.7. The lowest BCUT2D eigenvalue weighted by Crippen LogP contribution is -2.06. The molecule has 0 N–H and O–H groups in total. The lowest BCUT2D eigenvalue weighted by atomic mass is 10.1. The zero-order valence-electron chi connectivity index (χ0n) is 25.8. The number of hydrogen-bond acceptors (Lipinski definition) is 3. The minimum atomic E-state index is 0.587. The highest BCUT2D eigenvalue weighted by Gasteiger charge is 2.21. The van der Waals surface area contributed by atoms with E-state index in [-0.39, 0.29) is 0 Å². The van der Waals surface area contributed by atoms with Crippen LogP contribution in [0.4, 0.5) is 0 Å². The fourth-order valence-corrected chi connectivity index (χ4v) is 7.23. The summed E-state index contributed by atoms with van der Waals surface area (Å²) in [6.45, 7) is 0. The monoisotopic (exact) mass is 613 g/mol. The van der Waals surface area contributed by atoms with Gasteiger partial charge in [0.2, 0.25) is 5.95 Å². The molecule has 3 aromatic heterocycles. The molecule has 10 rings (SSSR count). The first kappa shape index (κ1) is 26.6. The Morgan fingerprint density at radius 2 is 0.979 bits per heavy atom. The third-order valence-corrected chi connectivity index (χ3v) is 9.35. The molecule has 0 spiro atoms. The fraction of sp³-hybridized carbons (Fsp3) is 0. The van der Waals surface area contributed by atoms with Gasteiger partial charge in [-0.25, -0.2) is 4.98 Å². The molecule has 7 aromatic carbocycles. The zero-order chi connectivity index (χ0) is 31.6. The summed E-state index contributed by atoms with van der Waals surface area (Å²) in [7, 11) is 0. The molecule has 0 radical (unpaired) electrons. The van der Waals surface area contributed by atoms with Crippen LogP contribution in [-0.2, 0) is 0 Å². The van der Waals surface area contributed by atoms with Gasteiger partial charge in [0.05, 0.1) is 22.1 Å². The summed E-state index contributed by atoms with van der Waals surface area (Å²) >= 11 is 0. The second-order valence-electron chi connectivity index (χ2n) is 12.1. The maximum atomic E-state index is 5.32. The van der Waals surface area contributed by atoms with E-state index in [1.165, 1.54) is 16.2 Å². The topological polar surface area (TPSA) is 48.5 Å². The highest BCUT2D eigenvalue weighted by molar-refractivity contribution is 6.16. The Morgan fingerprint density at radius 1 is 0.375 bits per heavy atom. The SMILES string of the molecule is c1ccc(-c2nc(-c3cccc4c3c3ccccc3n4-c3ccccc3)nc(-n3c4ccccc4c4cc5ccccc5cc43)n2)cc1. The molecule has 0 saturated heterocycles. The number of rotatable bonds is 4. The average Bonchev–Trinajstić information content (AvgIpc) is 3.67. The quantitative estimate of drug-likeness (QED) is 0.198. The van der Waals surface area contributed by atoms with Crippen LogP contribution in [0, 0.1) is 0 Å². The van der Waals surface area contributed by atoms with Crippen LogP contribution in [0.25, 0.3) is 88.8 Å². The third-order valence-electron chi connectivity index (χ3n) is 9.35. The van der Waals surface area contributed by atoms with E-state index < -0.39 is 0 Å². The summed E-state index contributed by atoms with van der Waals surface area (Å²) in [6, 6.07) is 57.3. The lowest BCUT2D eigenvalue weighted by Gasteiger charge is -2.12. The first-order valence-corrected chi connectivity index (χ1v) is 16.1. The molecule has 3 heterocycles. The molecule has 0 bridgehead atoms. The van der Waals surface area contributed by atoms with Crippen LogP contribution in [0.2, 0.25) is 0 Å². The standard InChI is InChI=1S/C43H27N5/c1-3-14-28(15-4-1)41-44-42(34-22-13-25-38-40(34)33-21-10-12-24-37(33)47(38)31-18-5-2-6-19-31)46-43(45-41)48-36-23-11-9-20-32(36)35-26-29-16-7-8-17-30(29)27-39(35)48/h1-27H. The van der Waals surface area contributed by atoms with Gasteiger partial charge in [-0.3, -0.25) is 4.57 Å². The largest absolute Gasteiger partial charge is 0.309 e. The molecule has 0 aliphatic heterocycles. The van der Waals surface area contributed by atoms with Crippen LogP contribution in [0.3, 0.4) is 0 Å². The zero-order valence-corrected chi connectivity index (χ0v) is 25.8. The van der Waals surface area contributed by atoms with Crippen LogP contribution in [0.5, 0.6) is 0 Å². The summed E-state index contributed by atoms with van der Waals surface area (Å²) in [6.07, 6.45) is 0. The number of para-hydroxylation sites is 3. The Hall–Kier alpha value is -6.59. The maximum absolute atomic E-state index is 5.32. The number of hydrogen-bond donors (Lipinski definition) is 0. The first-order chi connectivity index (χ1) is 23.8. The number of aromatic nitrogens is 5. The molecule has 224 valence electrons. The molecule has 5 heteroatoms. The normalized spacial score (nSPS) is 11.8. The molecular formula is C43H27N5. The Balaban J connectivity index is 1.31. The van der Waals surface area contributed by atoms with Gasteiger partial charge in [-0.15, -0.1) is 0 Å². The van der Waals surface area contributed by atoms with Gasteiger partial charge in [-0.2, -0.15) is 9.97 Å². The Kier molecular flexibility index (Phi) is 5.81. The van der Waals surface area contributed by atoms with Crippen molar-refractivity contribution in [2.24, 2.45) is 0 Å². The Bertz CT molecular complexity index is 2830. The van der Waals surface area contributed by atoms with Gasteiger partial charge in [-0.05, 0) is 53.2 Å². The van der Waals surface area contributed by atoms with Crippen molar-refractivity contribution in [2.45, 2.75) is 0 Å². The van der Waals surface area contributed by atoms with Crippen LogP contribution >= 0.6 is 0 Å². The van der Waals surface area contributed by atoms with E-state index in [0.29, 0.717) is 17.6 Å². The van der Waals surface area contributed by atoms with Gasteiger partial charge in [-0.1, -0.05) is 121 Å². The minimum Gasteiger partial charge on any atom is -0.309 e. The number of nitrogens with zero attached hydrogens (tertiary/aromatic N) is 5. The van der Waals surface area contributed by atoms with E-state index in [2.05, 4.69) is 155 Å². The van der Waals surface area contributed by atoms with E-state index >= 15 is 0 Å². The molecular weight excluding hydrogens is 587 g/mol. The summed E-state index contributed by atoms with van der Waals surface area (Å²) in [5.74, 6) is 1.85. The molecule has 0 fully saturated rings. The fourth-order valence-electron chi connectivity index (χ4n) is 7.23. The summed E-state index contributed by atoms with van der Waals surface area (Å²) in [5, 5.41) is 6.97. The average molecular weight is 614 g/mol. The predicted molar refractivity (Wildman–Crippen MR) is 197 cm³/mol. The molecule has 0 unspecified atom stereocenters. The second kappa shape index (κ2) is 10.5. The van der Waals surface area contributed by atoms with E-state index in [0.717, 1.165) is 55.0 Å². The van der Waals surface area contributed by atoms with Gasteiger partial charge in [0, 0.05) is 38.4 Å². The molecule has 0 amide bonds. The highest BCUT2D eigenvalue weighted by atomic mass is 15.2. The van der Waals surface area contributed by atoms with Crippen molar-refractivity contribution in [2.75, 3.05) is 0 Å². The van der Waals surface area contributed by atoms with Crippen LogP contribution in [0.15, 0.2) is 164 Å². The van der Waals surface area contributed by atoms with Crippen molar-refractivity contribution >= 4 is 54.4 Å². The minimum absolute atomic E-state index is 0.587. The van der Waals surface area contributed by atoms with Gasteiger partial charge in [0.25, 0.3) is 0 Å². The Morgan fingerprint density at radius 3 is 1.77 bits per heavy atom. The summed E-state index contributed by atoms with van der Waals surface area (Å²) < 4.78 is 4.52. The van der Waals surface area contributed by atoms with Gasteiger partial charge in [0.15, 0.2) is 11.6 Å². The molecule has 10 aromatic rings. The van der Waals surface area contributed by atoms with Gasteiger partial charge >= 0.3 is 0 Å². The maximum Gasteiger partial charge on any atom is 0.238 e. The molecule has 0 aliphatic rings. The van der Waals surface area contributed by atoms with Crippen LogP contribution in [-0.4, -0.2) is 24.1 Å². The van der Waals surface area contributed by atoms with E-state index in [9.17, 15) is 0 Å². The van der Waals surface area contributed by atoms with Crippen molar-refractivity contribution < 1.29 is 0 Å². The molecule has 48 heavy (non-hydrogen) atoms. The Labute approximate surface area is 276 Å². The van der Waals surface area contributed by atoms with Crippen molar-refractivity contribution in [3.63, 3.8) is 0 Å². The first-order valence-electron chi connectivity index (χ1n) is 16.1. The highest BCUT2D eigenvalue weighted by Crippen LogP contribution is 2.39. The summed E-state index contributed by atoms with van der Waals surface area (Å²) in [5.41, 5.74) is 7.37. The van der Waals surface area contributed by atoms with Crippen LogP contribution < -0.4 is 0 Å². The van der Waals surface area contributed by atoms with Gasteiger partial charge < -0.3 is 4.57 Å².